The van der Waals surface area contributed by atoms with Gasteiger partial charge in [-0.05, 0) is 82.3 Å². The molecule has 1 unspecified atom stereocenters. The molecule has 7 nitrogen and oxygen atoms in total. The molecule has 0 amide bonds. The van der Waals surface area contributed by atoms with Gasteiger partial charge in [-0.2, -0.15) is 0 Å². The second-order valence-electron chi connectivity index (χ2n) is 13.6. The molecule has 1 aliphatic heterocycles. The highest BCUT2D eigenvalue weighted by atomic mass is 28.3. The first-order valence-corrected chi connectivity index (χ1v) is 19.9. The van der Waals surface area contributed by atoms with Crippen molar-refractivity contribution in [1.82, 2.24) is 34.1 Å². The molecule has 0 radical (unpaired) electrons. The number of pyridine rings is 2. The molecule has 1 aliphatic rings. The van der Waals surface area contributed by atoms with E-state index in [2.05, 4.69) is 142 Å². The van der Waals surface area contributed by atoms with E-state index in [0.717, 1.165) is 55.4 Å². The minimum absolute atomic E-state index is 0.599. The van der Waals surface area contributed by atoms with E-state index in [9.17, 15) is 0 Å². The minimum Gasteiger partial charge on any atom is -0.339 e. The van der Waals surface area contributed by atoms with Gasteiger partial charge in [0, 0.05) is 45.4 Å². The van der Waals surface area contributed by atoms with Crippen LogP contribution in [0, 0.1) is 0 Å². The third-order valence-corrected chi connectivity index (χ3v) is 15.2. The van der Waals surface area contributed by atoms with Crippen molar-refractivity contribution >= 4 is 56.6 Å². The molecule has 0 saturated carbocycles. The third kappa shape index (κ3) is 4.60. The van der Waals surface area contributed by atoms with Crippen molar-refractivity contribution in [2.45, 2.75) is 0 Å². The number of hydrogen-bond donors (Lipinski definition) is 0. The summed E-state index contributed by atoms with van der Waals surface area (Å²) in [4.78, 5) is 29.8. The topological polar surface area (TPSA) is 82.3 Å². The highest BCUT2D eigenvalue weighted by Gasteiger charge is 2.50. The maximum atomic E-state index is 5.25. The Morgan fingerprint density at radius 2 is 1.00 bits per heavy atom. The molecular weight excluding hydrogens is 679 g/mol. The van der Waals surface area contributed by atoms with Crippen LogP contribution in [0.4, 0.5) is 0 Å². The molecule has 8 heteroatoms. The van der Waals surface area contributed by atoms with Gasteiger partial charge in [0.15, 0.2) is 17.5 Å². The lowest BCUT2D eigenvalue weighted by atomic mass is 10.1. The van der Waals surface area contributed by atoms with Crippen molar-refractivity contribution in [2.75, 3.05) is 0 Å². The first-order chi connectivity index (χ1) is 26.7. The van der Waals surface area contributed by atoms with Gasteiger partial charge < -0.3 is 4.23 Å². The molecule has 0 saturated heterocycles. The molecular formula is C46H29N7Si. The van der Waals surface area contributed by atoms with Gasteiger partial charge in [0.1, 0.15) is 5.82 Å². The molecule has 6 aromatic carbocycles. The van der Waals surface area contributed by atoms with E-state index >= 15 is 0 Å². The summed E-state index contributed by atoms with van der Waals surface area (Å²) in [6.07, 6.45) is 3.62. The fraction of sp³-hybridized carbons (Fsp3) is 0. The highest BCUT2D eigenvalue weighted by Crippen LogP contribution is 2.35. The van der Waals surface area contributed by atoms with Crippen LogP contribution in [-0.2, 0) is 0 Å². The van der Waals surface area contributed by atoms with Crippen LogP contribution < -0.4 is 15.6 Å². The first kappa shape index (κ1) is 30.5. The van der Waals surface area contributed by atoms with Crippen molar-refractivity contribution in [3.8, 4) is 45.6 Å². The Morgan fingerprint density at radius 3 is 1.70 bits per heavy atom. The summed E-state index contributed by atoms with van der Waals surface area (Å²) in [7, 11) is -2.95. The smallest absolute Gasteiger partial charge is 0.259 e. The molecule has 0 aliphatic carbocycles. The van der Waals surface area contributed by atoms with Gasteiger partial charge in [-0.3, -0.25) is 9.97 Å². The first-order valence-electron chi connectivity index (χ1n) is 17.9. The van der Waals surface area contributed by atoms with Gasteiger partial charge in [0.05, 0.1) is 22.1 Å². The monoisotopic (exact) mass is 707 g/mol. The lowest BCUT2D eigenvalue weighted by molar-refractivity contribution is 1.07. The normalized spacial score (nSPS) is 14.7. The maximum absolute atomic E-state index is 5.25. The maximum Gasteiger partial charge on any atom is 0.259 e. The highest BCUT2D eigenvalue weighted by molar-refractivity contribution is 7.12. The summed E-state index contributed by atoms with van der Waals surface area (Å²) in [6.45, 7) is 0. The predicted octanol–water partition coefficient (Wildman–Crippen LogP) is 7.81. The SMILES string of the molecule is c1ccc([Si]2(c3cccc(-c4nc(-c5ccc6ncccc6c5)nc(-c5ccc6ncccc6c5)n4)c3)c3ccccc3-c3nc4ccccc4n32)cc1. The Labute approximate surface area is 311 Å². The van der Waals surface area contributed by atoms with E-state index in [4.69, 9.17) is 19.9 Å². The van der Waals surface area contributed by atoms with E-state index in [1.807, 2.05) is 48.8 Å². The van der Waals surface area contributed by atoms with Gasteiger partial charge >= 0.3 is 0 Å². The Balaban J connectivity index is 1.16. The quantitative estimate of drug-likeness (QED) is 0.170. The van der Waals surface area contributed by atoms with Gasteiger partial charge in [0.25, 0.3) is 8.24 Å². The number of rotatable bonds is 5. The molecule has 54 heavy (non-hydrogen) atoms. The molecule has 0 bridgehead atoms. The van der Waals surface area contributed by atoms with Crippen LogP contribution in [0.5, 0.6) is 0 Å². The summed E-state index contributed by atoms with van der Waals surface area (Å²) in [5, 5.41) is 5.86. The average Bonchev–Trinajstić information content (AvgIpc) is 3.77. The van der Waals surface area contributed by atoms with Gasteiger partial charge in [0.2, 0.25) is 0 Å². The largest absolute Gasteiger partial charge is 0.339 e. The van der Waals surface area contributed by atoms with Crippen LogP contribution in [-0.4, -0.2) is 42.4 Å². The molecule has 5 heterocycles. The van der Waals surface area contributed by atoms with Crippen LogP contribution in [0.2, 0.25) is 0 Å². The number of hydrogen-bond acceptors (Lipinski definition) is 6. The average molecular weight is 708 g/mol. The Bertz CT molecular complexity index is 2990. The van der Waals surface area contributed by atoms with E-state index in [1.165, 1.54) is 21.1 Å². The number of nitrogens with zero attached hydrogens (tertiary/aromatic N) is 7. The van der Waals surface area contributed by atoms with Crippen LogP contribution in [0.15, 0.2) is 176 Å². The summed E-state index contributed by atoms with van der Waals surface area (Å²) in [5.74, 6) is 2.81. The van der Waals surface area contributed by atoms with Crippen molar-refractivity contribution in [3.05, 3.63) is 176 Å². The van der Waals surface area contributed by atoms with Gasteiger partial charge in [-0.25, -0.2) is 19.9 Å². The number of benzene rings is 6. The van der Waals surface area contributed by atoms with Crippen LogP contribution in [0.25, 0.3) is 78.4 Å². The van der Waals surface area contributed by atoms with Crippen molar-refractivity contribution < 1.29 is 0 Å². The lowest BCUT2D eigenvalue weighted by Gasteiger charge is -2.32. The Hall–Kier alpha value is -7.16. The van der Waals surface area contributed by atoms with Crippen LogP contribution >= 0.6 is 0 Å². The number of para-hydroxylation sites is 2. The van der Waals surface area contributed by atoms with Crippen molar-refractivity contribution in [1.29, 1.82) is 0 Å². The Morgan fingerprint density at radius 1 is 0.407 bits per heavy atom. The second kappa shape index (κ2) is 11.9. The zero-order valence-electron chi connectivity index (χ0n) is 28.9. The molecule has 0 N–H and O–H groups in total. The fourth-order valence-electron chi connectivity index (χ4n) is 8.15. The number of fused-ring (bicyclic) bond motifs is 7. The van der Waals surface area contributed by atoms with Gasteiger partial charge in [-0.1, -0.05) is 97.1 Å². The molecule has 0 fully saturated rings. The molecule has 4 aromatic heterocycles. The van der Waals surface area contributed by atoms with Crippen LogP contribution in [0.1, 0.15) is 0 Å². The molecule has 10 aromatic rings. The minimum atomic E-state index is -2.95. The fourth-order valence-corrected chi connectivity index (χ4v) is 13.2. The predicted molar refractivity (Wildman–Crippen MR) is 218 cm³/mol. The summed E-state index contributed by atoms with van der Waals surface area (Å²) in [6, 6.07) is 57.4. The standard InChI is InChI=1S/C46H29N7Si/c1-2-14-35(15-3-1)54(42-20-7-4-17-37(42)46-49-40-18-5-6-19-41(40)53(46)54)36-16-8-11-32(29-36)43-50-44(33-21-23-38-30(27-33)12-9-25-47-38)52-45(51-43)34-22-24-39-31(28-34)13-10-26-48-39/h1-29H. The second-order valence-corrected chi connectivity index (χ2v) is 17.2. The van der Waals surface area contributed by atoms with E-state index in [-0.39, 0.29) is 0 Å². The summed E-state index contributed by atoms with van der Waals surface area (Å²) < 4.78 is 2.55. The van der Waals surface area contributed by atoms with Crippen molar-refractivity contribution in [3.63, 3.8) is 0 Å². The molecule has 1 atom stereocenters. The zero-order chi connectivity index (χ0) is 35.6. The van der Waals surface area contributed by atoms with Crippen LogP contribution in [0.3, 0.4) is 0 Å². The number of aromatic nitrogens is 7. The summed E-state index contributed by atoms with van der Waals surface area (Å²) >= 11 is 0. The van der Waals surface area contributed by atoms with E-state index in [0.29, 0.717) is 17.5 Å². The van der Waals surface area contributed by atoms with E-state index in [1.54, 1.807) is 0 Å². The third-order valence-electron chi connectivity index (χ3n) is 10.5. The van der Waals surface area contributed by atoms with E-state index < -0.39 is 8.24 Å². The molecule has 11 rings (SSSR count). The Kier molecular flexibility index (Phi) is 6.74. The lowest BCUT2D eigenvalue weighted by Crippen LogP contribution is -2.70. The van der Waals surface area contributed by atoms with Crippen molar-refractivity contribution in [2.24, 2.45) is 0 Å². The molecule has 252 valence electrons. The summed E-state index contributed by atoms with van der Waals surface area (Å²) in [5.41, 5.74) is 7.85. The number of imidazole rings is 1. The molecule has 0 spiro atoms. The van der Waals surface area contributed by atoms with Gasteiger partial charge in [-0.15, -0.1) is 0 Å². The zero-order valence-corrected chi connectivity index (χ0v) is 29.9.